The van der Waals surface area contributed by atoms with Gasteiger partial charge in [-0.3, -0.25) is 9.69 Å². The Hall–Kier alpha value is -2.85. The van der Waals surface area contributed by atoms with Gasteiger partial charge in [-0.2, -0.15) is 0 Å². The first-order valence-corrected chi connectivity index (χ1v) is 12.0. The summed E-state index contributed by atoms with van der Waals surface area (Å²) in [6, 6.07) is 15.0. The zero-order valence-corrected chi connectivity index (χ0v) is 20.6. The molecule has 4 unspecified atom stereocenters. The number of carbonyl (C=O) groups excluding carboxylic acids is 1. The first-order chi connectivity index (χ1) is 16.9. The minimum atomic E-state index is -0.834. The molecule has 4 atom stereocenters. The molecular formula is C26H36N4O5. The maximum atomic E-state index is 12.7. The molecule has 190 valence electrons. The molecule has 1 amide bonds. The molecule has 9 heteroatoms. The van der Waals surface area contributed by atoms with E-state index in [1.807, 2.05) is 55.4 Å². The van der Waals surface area contributed by atoms with Crippen LogP contribution in [0.2, 0.25) is 0 Å². The van der Waals surface area contributed by atoms with Crippen molar-refractivity contribution < 1.29 is 24.5 Å². The minimum Gasteiger partial charge on any atom is -0.495 e. The molecule has 2 heterocycles. The van der Waals surface area contributed by atoms with Gasteiger partial charge in [0.2, 0.25) is 0 Å². The maximum absolute atomic E-state index is 12.7. The first-order valence-electron chi connectivity index (χ1n) is 12.0. The van der Waals surface area contributed by atoms with Gasteiger partial charge in [-0.1, -0.05) is 12.1 Å². The predicted molar refractivity (Wildman–Crippen MR) is 135 cm³/mol. The minimum absolute atomic E-state index is 0.194. The van der Waals surface area contributed by atoms with E-state index in [1.54, 1.807) is 19.2 Å². The largest absolute Gasteiger partial charge is 0.495 e. The number of aliphatic hydroxyl groups is 2. The Kier molecular flexibility index (Phi) is 8.12. The standard InChI is InChI=1S/C26H36N4O5/c1-28(2)19-10-8-18(9-11-19)26(33)27-16-22-24(25(32)23(17-31)35-22)30-14-12-29(13-15-30)20-6-4-5-7-21(20)34-3/h4-11,22-25,31-32H,12-17H2,1-3H3,(H,27,33). The molecule has 0 saturated carbocycles. The summed E-state index contributed by atoms with van der Waals surface area (Å²) in [6.07, 6.45) is -1.93. The predicted octanol–water partition coefficient (Wildman–Crippen LogP) is 0.802. The van der Waals surface area contributed by atoms with Gasteiger partial charge in [0.15, 0.2) is 0 Å². The monoisotopic (exact) mass is 484 g/mol. The average Bonchev–Trinajstić information content (AvgIpc) is 3.22. The second kappa shape index (κ2) is 11.3. The van der Waals surface area contributed by atoms with Crippen LogP contribution in [0.25, 0.3) is 0 Å². The van der Waals surface area contributed by atoms with Crippen molar-refractivity contribution in [1.29, 1.82) is 0 Å². The molecule has 9 nitrogen and oxygen atoms in total. The molecule has 0 spiro atoms. The summed E-state index contributed by atoms with van der Waals surface area (Å²) in [5.74, 6) is 0.644. The summed E-state index contributed by atoms with van der Waals surface area (Å²) in [6.45, 7) is 2.96. The highest BCUT2D eigenvalue weighted by molar-refractivity contribution is 5.94. The molecule has 2 aliphatic heterocycles. The Morgan fingerprint density at radius 3 is 2.40 bits per heavy atom. The number of piperazine rings is 1. The van der Waals surface area contributed by atoms with Crippen molar-refractivity contribution in [2.45, 2.75) is 24.4 Å². The Bertz CT molecular complexity index is 978. The van der Waals surface area contributed by atoms with Crippen LogP contribution in [0.15, 0.2) is 48.5 Å². The number of amides is 1. The van der Waals surface area contributed by atoms with Gasteiger partial charge in [0, 0.05) is 58.1 Å². The SMILES string of the molecule is COc1ccccc1N1CCN(C2C(CNC(=O)c3ccc(N(C)C)cc3)OC(CO)C2O)CC1. The number of anilines is 2. The quantitative estimate of drug-likeness (QED) is 0.506. The second-order valence-electron chi connectivity index (χ2n) is 9.22. The molecule has 0 aromatic heterocycles. The molecule has 2 saturated heterocycles. The summed E-state index contributed by atoms with van der Waals surface area (Å²) in [5.41, 5.74) is 2.63. The molecule has 0 bridgehead atoms. The average molecular weight is 485 g/mol. The fourth-order valence-electron chi connectivity index (χ4n) is 4.95. The van der Waals surface area contributed by atoms with Gasteiger partial charge < -0.3 is 34.8 Å². The zero-order chi connectivity index (χ0) is 24.9. The number of aliphatic hydroxyl groups excluding tert-OH is 2. The van der Waals surface area contributed by atoms with Crippen molar-refractivity contribution >= 4 is 17.3 Å². The van der Waals surface area contributed by atoms with E-state index in [1.165, 1.54) is 0 Å². The lowest BCUT2D eigenvalue weighted by Crippen LogP contribution is -2.57. The van der Waals surface area contributed by atoms with Crippen molar-refractivity contribution in [3.05, 3.63) is 54.1 Å². The normalized spacial score (nSPS) is 24.9. The van der Waals surface area contributed by atoms with Gasteiger partial charge in [0.1, 0.15) is 18.0 Å². The van der Waals surface area contributed by atoms with Crippen molar-refractivity contribution in [3.8, 4) is 5.75 Å². The molecule has 35 heavy (non-hydrogen) atoms. The highest BCUT2D eigenvalue weighted by atomic mass is 16.5. The molecular weight excluding hydrogens is 448 g/mol. The molecule has 2 aromatic carbocycles. The Balaban J connectivity index is 1.39. The molecule has 2 fully saturated rings. The third kappa shape index (κ3) is 5.54. The number of carbonyl (C=O) groups is 1. The zero-order valence-electron chi connectivity index (χ0n) is 20.6. The third-order valence-corrected chi connectivity index (χ3v) is 6.91. The van der Waals surface area contributed by atoms with Crippen LogP contribution in [0.4, 0.5) is 11.4 Å². The Labute approximate surface area is 206 Å². The number of benzene rings is 2. The number of hydrogen-bond acceptors (Lipinski definition) is 8. The van der Waals surface area contributed by atoms with E-state index >= 15 is 0 Å². The molecule has 0 radical (unpaired) electrons. The molecule has 0 aliphatic carbocycles. The molecule has 2 aromatic rings. The van der Waals surface area contributed by atoms with Crippen molar-refractivity contribution in [2.24, 2.45) is 0 Å². The molecule has 3 N–H and O–H groups in total. The van der Waals surface area contributed by atoms with Gasteiger partial charge in [0.05, 0.1) is 31.5 Å². The van der Waals surface area contributed by atoms with Gasteiger partial charge >= 0.3 is 0 Å². The van der Waals surface area contributed by atoms with E-state index in [9.17, 15) is 15.0 Å². The smallest absolute Gasteiger partial charge is 0.251 e. The van der Waals surface area contributed by atoms with Crippen molar-refractivity contribution in [2.75, 3.05) is 70.3 Å². The van der Waals surface area contributed by atoms with Crippen LogP contribution in [-0.2, 0) is 4.74 Å². The highest BCUT2D eigenvalue weighted by Gasteiger charge is 2.46. The number of methoxy groups -OCH3 is 1. The molecule has 2 aliphatic rings. The van der Waals surface area contributed by atoms with Gasteiger partial charge in [-0.15, -0.1) is 0 Å². The second-order valence-corrected chi connectivity index (χ2v) is 9.22. The van der Waals surface area contributed by atoms with Crippen LogP contribution in [-0.4, -0.2) is 106 Å². The number of ether oxygens (including phenoxy) is 2. The van der Waals surface area contributed by atoms with E-state index in [0.717, 1.165) is 43.3 Å². The lowest BCUT2D eigenvalue weighted by atomic mass is 10.0. The first kappa shape index (κ1) is 25.2. The third-order valence-electron chi connectivity index (χ3n) is 6.91. The van der Waals surface area contributed by atoms with E-state index < -0.39 is 18.3 Å². The summed E-state index contributed by atoms with van der Waals surface area (Å²) >= 11 is 0. The van der Waals surface area contributed by atoms with Crippen LogP contribution in [0.3, 0.4) is 0 Å². The van der Waals surface area contributed by atoms with Crippen LogP contribution < -0.4 is 19.9 Å². The van der Waals surface area contributed by atoms with Crippen molar-refractivity contribution in [1.82, 2.24) is 10.2 Å². The summed E-state index contributed by atoms with van der Waals surface area (Å²) in [7, 11) is 5.57. The Morgan fingerprint density at radius 2 is 1.77 bits per heavy atom. The number of hydrogen-bond donors (Lipinski definition) is 3. The summed E-state index contributed by atoms with van der Waals surface area (Å²) in [5, 5.41) is 23.6. The van der Waals surface area contributed by atoms with Gasteiger partial charge in [-0.05, 0) is 36.4 Å². The highest BCUT2D eigenvalue weighted by Crippen LogP contribution is 2.31. The van der Waals surface area contributed by atoms with Gasteiger partial charge in [-0.25, -0.2) is 0 Å². The summed E-state index contributed by atoms with van der Waals surface area (Å²) < 4.78 is 11.5. The Morgan fingerprint density at radius 1 is 1.09 bits per heavy atom. The van der Waals surface area contributed by atoms with E-state index in [-0.39, 0.29) is 25.1 Å². The van der Waals surface area contributed by atoms with Crippen LogP contribution >= 0.6 is 0 Å². The number of nitrogens with zero attached hydrogens (tertiary/aromatic N) is 3. The van der Waals surface area contributed by atoms with E-state index in [2.05, 4.69) is 15.1 Å². The van der Waals surface area contributed by atoms with Crippen molar-refractivity contribution in [3.63, 3.8) is 0 Å². The van der Waals surface area contributed by atoms with Crippen LogP contribution in [0.1, 0.15) is 10.4 Å². The lowest BCUT2D eigenvalue weighted by Gasteiger charge is -2.41. The number of rotatable bonds is 8. The lowest BCUT2D eigenvalue weighted by molar-refractivity contribution is -0.0209. The fraction of sp³-hybridized carbons (Fsp3) is 0.500. The fourth-order valence-corrected chi connectivity index (χ4v) is 4.95. The van der Waals surface area contributed by atoms with Crippen LogP contribution in [0.5, 0.6) is 5.75 Å². The number of para-hydroxylation sites is 2. The topological polar surface area (TPSA) is 97.7 Å². The van der Waals surface area contributed by atoms with E-state index in [4.69, 9.17) is 9.47 Å². The van der Waals surface area contributed by atoms with Crippen LogP contribution in [0, 0.1) is 0 Å². The van der Waals surface area contributed by atoms with E-state index in [0.29, 0.717) is 5.56 Å². The summed E-state index contributed by atoms with van der Waals surface area (Å²) in [4.78, 5) is 19.2. The number of nitrogens with one attached hydrogen (secondary N) is 1. The maximum Gasteiger partial charge on any atom is 0.251 e. The molecule has 4 rings (SSSR count). The van der Waals surface area contributed by atoms with Gasteiger partial charge in [0.25, 0.3) is 5.91 Å².